The maximum absolute atomic E-state index is 12.2. The highest BCUT2D eigenvalue weighted by atomic mass is 35.5. The molecule has 2 N–H and O–H groups in total. The van der Waals surface area contributed by atoms with Gasteiger partial charge in [-0.25, -0.2) is 0 Å². The van der Waals surface area contributed by atoms with Gasteiger partial charge >= 0.3 is 0 Å². The molecule has 0 unspecified atom stereocenters. The monoisotopic (exact) mass is 374 g/mol. The van der Waals surface area contributed by atoms with Crippen LogP contribution in [0.1, 0.15) is 28.8 Å². The first-order valence-electron chi connectivity index (χ1n) is 8.11. The molecule has 0 saturated heterocycles. The Bertz CT molecular complexity index is 789. The van der Waals surface area contributed by atoms with Gasteiger partial charge in [-0.1, -0.05) is 29.3 Å². The first kappa shape index (κ1) is 17.8. The number of hydrogen-bond acceptors (Lipinski definition) is 3. The highest BCUT2D eigenvalue weighted by molar-refractivity contribution is 8.00. The van der Waals surface area contributed by atoms with Crippen LogP contribution < -0.4 is 10.6 Å². The number of nitrogens with one attached hydrogen (secondary N) is 2. The molecule has 0 radical (unpaired) electrons. The van der Waals surface area contributed by atoms with Crippen molar-refractivity contribution in [1.29, 1.82) is 0 Å². The third-order valence-electron chi connectivity index (χ3n) is 3.80. The van der Waals surface area contributed by atoms with Crippen LogP contribution in [0.5, 0.6) is 0 Å². The number of amides is 2. The number of benzene rings is 2. The molecule has 0 bridgehead atoms. The van der Waals surface area contributed by atoms with Crippen molar-refractivity contribution in [3.05, 3.63) is 58.6 Å². The van der Waals surface area contributed by atoms with Crippen LogP contribution in [0.2, 0.25) is 5.02 Å². The number of halogens is 1. The summed E-state index contributed by atoms with van der Waals surface area (Å²) in [4.78, 5) is 25.4. The van der Waals surface area contributed by atoms with E-state index in [2.05, 4.69) is 10.6 Å². The molecule has 3 rings (SSSR count). The second kappa shape index (κ2) is 7.93. The van der Waals surface area contributed by atoms with Crippen LogP contribution in [0.15, 0.2) is 47.4 Å². The van der Waals surface area contributed by atoms with Crippen LogP contribution in [0, 0.1) is 6.92 Å². The molecule has 1 saturated carbocycles. The largest absolute Gasteiger partial charge is 0.349 e. The number of carbonyl (C=O) groups excluding carboxylic acids is 2. The van der Waals surface area contributed by atoms with E-state index in [9.17, 15) is 9.59 Å². The predicted molar refractivity (Wildman–Crippen MR) is 102 cm³/mol. The zero-order valence-electron chi connectivity index (χ0n) is 13.8. The molecule has 0 aliphatic heterocycles. The summed E-state index contributed by atoms with van der Waals surface area (Å²) in [6.07, 6.45) is 2.02. The Labute approximate surface area is 156 Å². The van der Waals surface area contributed by atoms with Gasteiger partial charge in [-0.05, 0) is 50.1 Å². The first-order valence-corrected chi connectivity index (χ1v) is 9.47. The van der Waals surface area contributed by atoms with Crippen LogP contribution in [0.3, 0.4) is 0 Å². The van der Waals surface area contributed by atoms with E-state index in [-0.39, 0.29) is 17.9 Å². The van der Waals surface area contributed by atoms with Gasteiger partial charge in [-0.15, -0.1) is 11.8 Å². The van der Waals surface area contributed by atoms with Crippen molar-refractivity contribution in [1.82, 2.24) is 5.32 Å². The minimum atomic E-state index is -0.197. The molecule has 0 aromatic heterocycles. The van der Waals surface area contributed by atoms with Gasteiger partial charge in [0.05, 0.1) is 16.3 Å². The molecule has 130 valence electrons. The molecule has 1 aliphatic carbocycles. The first-order chi connectivity index (χ1) is 12.0. The molecular weight excluding hydrogens is 356 g/mol. The third-order valence-corrected chi connectivity index (χ3v) is 5.14. The number of anilines is 1. The number of carbonyl (C=O) groups is 2. The van der Waals surface area contributed by atoms with E-state index in [1.807, 2.05) is 31.2 Å². The average Bonchev–Trinajstić information content (AvgIpc) is 3.40. The SMILES string of the molecule is Cc1ccc(SCC(=O)Nc2ccc(Cl)c(C(=O)NC3CC3)c2)cc1. The Morgan fingerprint density at radius 2 is 1.88 bits per heavy atom. The average molecular weight is 375 g/mol. The zero-order valence-corrected chi connectivity index (χ0v) is 15.4. The summed E-state index contributed by atoms with van der Waals surface area (Å²) in [5.74, 6) is -0.0194. The molecule has 0 atom stereocenters. The molecule has 0 spiro atoms. The molecule has 2 amide bonds. The lowest BCUT2D eigenvalue weighted by atomic mass is 10.2. The smallest absolute Gasteiger partial charge is 0.253 e. The van der Waals surface area contributed by atoms with E-state index in [4.69, 9.17) is 11.6 Å². The molecule has 2 aromatic carbocycles. The second-order valence-corrected chi connectivity index (χ2v) is 7.55. The van der Waals surface area contributed by atoms with Gasteiger partial charge < -0.3 is 10.6 Å². The lowest BCUT2D eigenvalue weighted by Crippen LogP contribution is -2.26. The van der Waals surface area contributed by atoms with Gasteiger partial charge in [0.2, 0.25) is 5.91 Å². The summed E-state index contributed by atoms with van der Waals surface area (Å²) in [7, 11) is 0. The fourth-order valence-electron chi connectivity index (χ4n) is 2.25. The fourth-order valence-corrected chi connectivity index (χ4v) is 3.15. The summed E-state index contributed by atoms with van der Waals surface area (Å²) in [6.45, 7) is 2.03. The lowest BCUT2D eigenvalue weighted by Gasteiger charge is -2.10. The minimum Gasteiger partial charge on any atom is -0.349 e. The quantitative estimate of drug-likeness (QED) is 0.742. The molecule has 1 aliphatic rings. The zero-order chi connectivity index (χ0) is 17.8. The standard InChI is InChI=1S/C19H19ClN2O2S/c1-12-2-7-15(8-3-12)25-11-18(23)21-14-6-9-17(20)16(10-14)19(24)22-13-4-5-13/h2-3,6-10,13H,4-5,11H2,1H3,(H,21,23)(H,22,24). The number of aryl methyl sites for hydroxylation is 1. The Kier molecular flexibility index (Phi) is 5.66. The number of hydrogen-bond donors (Lipinski definition) is 2. The van der Waals surface area contributed by atoms with Crippen molar-refractivity contribution in [2.24, 2.45) is 0 Å². The molecule has 0 heterocycles. The van der Waals surface area contributed by atoms with Gasteiger partial charge in [0.25, 0.3) is 5.91 Å². The molecule has 1 fully saturated rings. The maximum atomic E-state index is 12.2. The summed E-state index contributed by atoms with van der Waals surface area (Å²) >= 11 is 7.58. The number of rotatable bonds is 6. The van der Waals surface area contributed by atoms with Crippen LogP contribution in [0.4, 0.5) is 5.69 Å². The number of thioether (sulfide) groups is 1. The van der Waals surface area contributed by atoms with Crippen LogP contribution in [-0.2, 0) is 4.79 Å². The molecule has 2 aromatic rings. The predicted octanol–water partition coefficient (Wildman–Crippen LogP) is 4.27. The van der Waals surface area contributed by atoms with E-state index in [1.165, 1.54) is 17.3 Å². The van der Waals surface area contributed by atoms with Crippen LogP contribution in [0.25, 0.3) is 0 Å². The van der Waals surface area contributed by atoms with Crippen molar-refractivity contribution < 1.29 is 9.59 Å². The maximum Gasteiger partial charge on any atom is 0.253 e. The second-order valence-electron chi connectivity index (χ2n) is 6.09. The van der Waals surface area contributed by atoms with Crippen molar-refractivity contribution in [2.45, 2.75) is 30.7 Å². The molecular formula is C19H19ClN2O2S. The molecule has 6 heteroatoms. The van der Waals surface area contributed by atoms with E-state index in [0.29, 0.717) is 22.0 Å². The summed E-state index contributed by atoms with van der Waals surface area (Å²) in [6, 6.07) is 13.2. The third kappa shape index (κ3) is 5.25. The van der Waals surface area contributed by atoms with Crippen molar-refractivity contribution in [2.75, 3.05) is 11.1 Å². The fraction of sp³-hybridized carbons (Fsp3) is 0.263. The van der Waals surface area contributed by atoms with E-state index in [1.54, 1.807) is 18.2 Å². The summed E-state index contributed by atoms with van der Waals surface area (Å²) in [5, 5.41) is 6.10. The van der Waals surface area contributed by atoms with Gasteiger partial charge in [0.15, 0.2) is 0 Å². The molecule has 25 heavy (non-hydrogen) atoms. The lowest BCUT2D eigenvalue weighted by molar-refractivity contribution is -0.113. The van der Waals surface area contributed by atoms with Crippen LogP contribution >= 0.6 is 23.4 Å². The van der Waals surface area contributed by atoms with E-state index < -0.39 is 0 Å². The van der Waals surface area contributed by atoms with Gasteiger partial charge in [-0.3, -0.25) is 9.59 Å². The van der Waals surface area contributed by atoms with Crippen LogP contribution in [-0.4, -0.2) is 23.6 Å². The highest BCUT2D eigenvalue weighted by Gasteiger charge is 2.24. The summed E-state index contributed by atoms with van der Waals surface area (Å²) in [5.41, 5.74) is 2.14. The van der Waals surface area contributed by atoms with Crippen molar-refractivity contribution in [3.63, 3.8) is 0 Å². The normalized spacial score (nSPS) is 13.4. The Morgan fingerprint density at radius 1 is 1.16 bits per heavy atom. The van der Waals surface area contributed by atoms with Gasteiger partial charge in [0, 0.05) is 16.6 Å². The van der Waals surface area contributed by atoms with Gasteiger partial charge in [-0.2, -0.15) is 0 Å². The van der Waals surface area contributed by atoms with E-state index in [0.717, 1.165) is 17.7 Å². The highest BCUT2D eigenvalue weighted by Crippen LogP contribution is 2.24. The Hall–Kier alpha value is -1.98. The Balaban J connectivity index is 1.58. The Morgan fingerprint density at radius 3 is 2.56 bits per heavy atom. The summed E-state index contributed by atoms with van der Waals surface area (Å²) < 4.78 is 0. The topological polar surface area (TPSA) is 58.2 Å². The minimum absolute atomic E-state index is 0.124. The van der Waals surface area contributed by atoms with E-state index >= 15 is 0 Å². The van der Waals surface area contributed by atoms with Crippen molar-refractivity contribution in [3.8, 4) is 0 Å². The van der Waals surface area contributed by atoms with Crippen molar-refractivity contribution >= 4 is 40.9 Å². The van der Waals surface area contributed by atoms with Gasteiger partial charge in [0.1, 0.15) is 0 Å². The molecule has 4 nitrogen and oxygen atoms in total.